The van der Waals surface area contributed by atoms with Crippen molar-refractivity contribution in [3.8, 4) is 29.1 Å². The van der Waals surface area contributed by atoms with E-state index in [9.17, 15) is 15.3 Å². The zero-order chi connectivity index (χ0) is 20.2. The molecule has 3 N–H and O–H groups in total. The van der Waals surface area contributed by atoms with Crippen LogP contribution in [0, 0.1) is 22.7 Å². The van der Waals surface area contributed by atoms with E-state index in [1.54, 1.807) is 45.0 Å². The van der Waals surface area contributed by atoms with Crippen LogP contribution < -0.4 is 15.8 Å². The molecule has 0 saturated carbocycles. The third kappa shape index (κ3) is 4.44. The Labute approximate surface area is 157 Å². The van der Waals surface area contributed by atoms with Crippen LogP contribution in [-0.2, 0) is 4.74 Å². The molecule has 0 aliphatic heterocycles. The largest absolute Gasteiger partial charge is 0.480 e. The van der Waals surface area contributed by atoms with Crippen molar-refractivity contribution in [1.29, 1.82) is 10.5 Å². The molecular formula is C19H19N5O3. The topological polar surface area (TPSA) is 134 Å². The number of nitrogens with two attached hydrogens (primary N) is 1. The summed E-state index contributed by atoms with van der Waals surface area (Å²) in [6, 6.07) is 10.6. The van der Waals surface area contributed by atoms with Gasteiger partial charge in [-0.25, -0.2) is 4.79 Å². The molecule has 1 aromatic heterocycles. The third-order valence-corrected chi connectivity index (χ3v) is 3.43. The van der Waals surface area contributed by atoms with Gasteiger partial charge in [0.1, 0.15) is 34.7 Å². The van der Waals surface area contributed by atoms with Crippen molar-refractivity contribution in [2.75, 3.05) is 18.2 Å². The van der Waals surface area contributed by atoms with Gasteiger partial charge in [-0.3, -0.25) is 5.32 Å². The number of carbonyl (C=O) groups excluding carboxylic acids is 1. The highest BCUT2D eigenvalue weighted by molar-refractivity contribution is 5.87. The highest BCUT2D eigenvalue weighted by Gasteiger charge is 2.21. The molecule has 0 radical (unpaired) electrons. The molecular weight excluding hydrogens is 346 g/mol. The van der Waals surface area contributed by atoms with Crippen LogP contribution in [0.1, 0.15) is 31.9 Å². The number of nitrogens with one attached hydrogen (secondary N) is 1. The SMILES string of the molecule is COc1nc(N)c(C#N)c(-c2ccc(NC(=O)OC(C)(C)C)cc2)c1C#N. The van der Waals surface area contributed by atoms with Crippen molar-refractivity contribution >= 4 is 17.6 Å². The molecule has 1 aromatic carbocycles. The molecule has 0 aliphatic rings. The molecule has 8 heteroatoms. The van der Waals surface area contributed by atoms with Gasteiger partial charge >= 0.3 is 6.09 Å². The normalized spacial score (nSPS) is 10.4. The van der Waals surface area contributed by atoms with E-state index in [4.69, 9.17) is 15.2 Å². The second kappa shape index (κ2) is 7.63. The minimum absolute atomic E-state index is 0.0284. The number of benzene rings is 1. The number of hydrogen-bond donors (Lipinski definition) is 2. The number of carbonyl (C=O) groups is 1. The van der Waals surface area contributed by atoms with E-state index in [0.717, 1.165) is 0 Å². The fourth-order valence-electron chi connectivity index (χ4n) is 2.38. The van der Waals surface area contributed by atoms with Crippen molar-refractivity contribution in [3.05, 3.63) is 35.4 Å². The molecule has 8 nitrogen and oxygen atoms in total. The number of nitrogen functional groups attached to an aromatic ring is 1. The second-order valence-electron chi connectivity index (χ2n) is 6.56. The van der Waals surface area contributed by atoms with Crippen LogP contribution in [0.3, 0.4) is 0 Å². The number of ether oxygens (including phenoxy) is 2. The van der Waals surface area contributed by atoms with Gasteiger partial charge in [-0.2, -0.15) is 15.5 Å². The first-order valence-corrected chi connectivity index (χ1v) is 7.98. The zero-order valence-corrected chi connectivity index (χ0v) is 15.5. The lowest BCUT2D eigenvalue weighted by Crippen LogP contribution is -2.27. The summed E-state index contributed by atoms with van der Waals surface area (Å²) >= 11 is 0. The Morgan fingerprint density at radius 2 is 1.74 bits per heavy atom. The molecule has 0 saturated heterocycles. The first kappa shape index (κ1) is 19.5. The lowest BCUT2D eigenvalue weighted by atomic mass is 9.96. The maximum Gasteiger partial charge on any atom is 0.412 e. The van der Waals surface area contributed by atoms with Gasteiger partial charge in [0.2, 0.25) is 5.88 Å². The van der Waals surface area contributed by atoms with Crippen molar-refractivity contribution < 1.29 is 14.3 Å². The van der Waals surface area contributed by atoms with E-state index in [0.29, 0.717) is 16.8 Å². The van der Waals surface area contributed by atoms with E-state index in [1.807, 2.05) is 12.1 Å². The minimum atomic E-state index is -0.613. The Morgan fingerprint density at radius 1 is 1.15 bits per heavy atom. The van der Waals surface area contributed by atoms with Crippen molar-refractivity contribution in [3.63, 3.8) is 0 Å². The van der Waals surface area contributed by atoms with E-state index in [2.05, 4.69) is 10.3 Å². The monoisotopic (exact) mass is 365 g/mol. The van der Waals surface area contributed by atoms with Gasteiger partial charge < -0.3 is 15.2 Å². The van der Waals surface area contributed by atoms with Gasteiger partial charge in [0.25, 0.3) is 0 Å². The van der Waals surface area contributed by atoms with Crippen LogP contribution in [0.5, 0.6) is 5.88 Å². The number of methoxy groups -OCH3 is 1. The maximum absolute atomic E-state index is 11.9. The molecule has 1 amide bonds. The number of aromatic nitrogens is 1. The van der Waals surface area contributed by atoms with Crippen LogP contribution in [0.2, 0.25) is 0 Å². The van der Waals surface area contributed by atoms with E-state index in [1.165, 1.54) is 7.11 Å². The number of anilines is 2. The van der Waals surface area contributed by atoms with Crippen molar-refractivity contribution in [2.45, 2.75) is 26.4 Å². The summed E-state index contributed by atoms with van der Waals surface area (Å²) in [5.74, 6) is 0.0132. The van der Waals surface area contributed by atoms with Crippen molar-refractivity contribution in [2.24, 2.45) is 0 Å². The number of nitriles is 2. The molecule has 0 atom stereocenters. The van der Waals surface area contributed by atoms with Crippen LogP contribution in [0.25, 0.3) is 11.1 Å². The second-order valence-corrected chi connectivity index (χ2v) is 6.56. The van der Waals surface area contributed by atoms with Gasteiger partial charge in [0.05, 0.1) is 7.11 Å². The molecule has 0 fully saturated rings. The Kier molecular flexibility index (Phi) is 5.52. The summed E-state index contributed by atoms with van der Waals surface area (Å²) in [6.45, 7) is 5.30. The highest BCUT2D eigenvalue weighted by atomic mass is 16.6. The molecule has 138 valence electrons. The quantitative estimate of drug-likeness (QED) is 0.850. The van der Waals surface area contributed by atoms with Gasteiger partial charge in [0.15, 0.2) is 0 Å². The Hall–Kier alpha value is -3.78. The number of nitrogens with zero attached hydrogens (tertiary/aromatic N) is 3. The minimum Gasteiger partial charge on any atom is -0.480 e. The molecule has 0 bridgehead atoms. The predicted molar refractivity (Wildman–Crippen MR) is 99.9 cm³/mol. The van der Waals surface area contributed by atoms with E-state index in [-0.39, 0.29) is 22.8 Å². The van der Waals surface area contributed by atoms with Crippen LogP contribution >= 0.6 is 0 Å². The molecule has 0 spiro atoms. The summed E-state index contributed by atoms with van der Waals surface area (Å²) in [7, 11) is 1.37. The van der Waals surface area contributed by atoms with E-state index < -0.39 is 11.7 Å². The number of rotatable bonds is 3. The third-order valence-electron chi connectivity index (χ3n) is 3.43. The summed E-state index contributed by atoms with van der Waals surface area (Å²) < 4.78 is 10.3. The average molecular weight is 365 g/mol. The Bertz CT molecular complexity index is 948. The molecule has 27 heavy (non-hydrogen) atoms. The summed E-state index contributed by atoms with van der Waals surface area (Å²) in [5.41, 5.74) is 6.79. The standard InChI is InChI=1S/C19H19N5O3/c1-19(2,3)27-18(25)23-12-7-5-11(6-8-12)15-13(9-20)16(22)24-17(26-4)14(15)10-21/h5-8H,1-4H3,(H2,22,24)(H,23,25). The number of hydrogen-bond acceptors (Lipinski definition) is 7. The molecule has 2 aromatic rings. The van der Waals surface area contributed by atoms with E-state index >= 15 is 0 Å². The fraction of sp³-hybridized carbons (Fsp3) is 0.263. The van der Waals surface area contributed by atoms with Crippen LogP contribution in [-0.4, -0.2) is 23.8 Å². The highest BCUT2D eigenvalue weighted by Crippen LogP contribution is 2.35. The van der Waals surface area contributed by atoms with Crippen molar-refractivity contribution in [1.82, 2.24) is 4.98 Å². The zero-order valence-electron chi connectivity index (χ0n) is 15.5. The first-order chi connectivity index (χ1) is 12.7. The van der Waals surface area contributed by atoms with Crippen LogP contribution in [0.4, 0.5) is 16.3 Å². The van der Waals surface area contributed by atoms with Crippen LogP contribution in [0.15, 0.2) is 24.3 Å². The predicted octanol–water partition coefficient (Wildman–Crippen LogP) is 3.43. The van der Waals surface area contributed by atoms with Gasteiger partial charge in [-0.15, -0.1) is 0 Å². The molecule has 1 heterocycles. The van der Waals surface area contributed by atoms with Gasteiger partial charge in [-0.05, 0) is 38.5 Å². The summed E-state index contributed by atoms with van der Waals surface area (Å²) in [4.78, 5) is 15.8. The first-order valence-electron chi connectivity index (χ1n) is 7.98. The van der Waals surface area contributed by atoms with Gasteiger partial charge in [0, 0.05) is 11.3 Å². The molecule has 0 unspecified atom stereocenters. The van der Waals surface area contributed by atoms with Gasteiger partial charge in [-0.1, -0.05) is 12.1 Å². The maximum atomic E-state index is 11.9. The molecule has 0 aliphatic carbocycles. The lowest BCUT2D eigenvalue weighted by Gasteiger charge is -2.19. The summed E-state index contributed by atoms with van der Waals surface area (Å²) in [5, 5.41) is 21.5. The Balaban J connectivity index is 2.43. The summed E-state index contributed by atoms with van der Waals surface area (Å²) in [6.07, 6.45) is -0.583. The average Bonchev–Trinajstić information content (AvgIpc) is 2.59. The fourth-order valence-corrected chi connectivity index (χ4v) is 2.38. The number of pyridine rings is 1. The lowest BCUT2D eigenvalue weighted by molar-refractivity contribution is 0.0636. The number of amides is 1. The Morgan fingerprint density at radius 3 is 2.22 bits per heavy atom. The molecule has 2 rings (SSSR count). The smallest absolute Gasteiger partial charge is 0.412 e.